The predicted octanol–water partition coefficient (Wildman–Crippen LogP) is 5.24. The molecule has 1 amide bonds. The van der Waals surface area contributed by atoms with Gasteiger partial charge in [0.15, 0.2) is 0 Å². The van der Waals surface area contributed by atoms with Crippen molar-refractivity contribution in [3.63, 3.8) is 0 Å². The maximum atomic E-state index is 12.9. The molecule has 8 heteroatoms. The zero-order valence-corrected chi connectivity index (χ0v) is 20.1. The fourth-order valence-electron chi connectivity index (χ4n) is 3.35. The Balaban J connectivity index is 1.78. The number of ether oxygens (including phenoxy) is 1. The molecular weight excluding hydrogens is 444 g/mol. The topological polar surface area (TPSA) is 79.7 Å². The molecule has 1 saturated heterocycles. The van der Waals surface area contributed by atoms with Crippen LogP contribution in [0.1, 0.15) is 39.8 Å². The number of carboxylic acids is 1. The Bertz CT molecular complexity index is 1030. The van der Waals surface area contributed by atoms with E-state index in [0.29, 0.717) is 17.0 Å². The maximum absolute atomic E-state index is 12.9. The molecule has 0 saturated carbocycles. The average Bonchev–Trinajstić information content (AvgIpc) is 3.02. The van der Waals surface area contributed by atoms with Gasteiger partial charge in [-0.1, -0.05) is 62.4 Å². The third-order valence-corrected chi connectivity index (χ3v) is 6.49. The van der Waals surface area contributed by atoms with Crippen molar-refractivity contribution < 1.29 is 19.4 Å². The lowest BCUT2D eigenvalue weighted by Gasteiger charge is -2.27. The summed E-state index contributed by atoms with van der Waals surface area (Å²) in [6.07, 6.45) is 4.13. The van der Waals surface area contributed by atoms with Gasteiger partial charge in [0.05, 0.1) is 16.7 Å². The number of carbonyl (C=O) groups excluding carboxylic acids is 1. The molecule has 0 unspecified atom stereocenters. The van der Waals surface area contributed by atoms with Crippen LogP contribution in [0.25, 0.3) is 17.2 Å². The summed E-state index contributed by atoms with van der Waals surface area (Å²) in [5, 5.41) is 9.64. The number of carbonyl (C=O) groups is 2. The fraction of sp³-hybridized carbons (Fsp3) is 0.333. The lowest BCUT2D eigenvalue weighted by atomic mass is 9.98. The van der Waals surface area contributed by atoms with E-state index in [9.17, 15) is 14.7 Å². The van der Waals surface area contributed by atoms with Crippen molar-refractivity contribution in [3.8, 4) is 16.9 Å². The van der Waals surface area contributed by atoms with E-state index in [1.807, 2.05) is 64.1 Å². The second kappa shape index (κ2) is 10.3. The largest absolute Gasteiger partial charge is 0.491 e. The van der Waals surface area contributed by atoms with Crippen LogP contribution in [0.2, 0.25) is 0 Å². The minimum atomic E-state index is -1.05. The van der Waals surface area contributed by atoms with Gasteiger partial charge in [-0.15, -0.1) is 0 Å². The number of aromatic nitrogens is 1. The van der Waals surface area contributed by atoms with Crippen molar-refractivity contribution in [2.45, 2.75) is 46.3 Å². The number of aliphatic carboxylic acids is 1. The highest BCUT2D eigenvalue weighted by atomic mass is 32.2. The van der Waals surface area contributed by atoms with E-state index in [4.69, 9.17) is 17.0 Å². The molecule has 168 valence electrons. The standard InChI is InChI=1S/C24H26N2O4S2/c1-5-15(4)21(23(28)29)26-22(27)20(32-24(26)31)12-18-9-6-17(13-25-18)16-7-10-19(11-8-16)30-14(2)3/h6-15,21H,5H2,1-4H3,(H,28,29)/b20-12+/t15-,21+/m1/s1. The molecule has 1 fully saturated rings. The molecule has 0 spiro atoms. The molecule has 1 aliphatic rings. The Morgan fingerprint density at radius 1 is 1.19 bits per heavy atom. The summed E-state index contributed by atoms with van der Waals surface area (Å²) in [6.45, 7) is 7.67. The smallest absolute Gasteiger partial charge is 0.327 e. The van der Waals surface area contributed by atoms with Gasteiger partial charge in [0.1, 0.15) is 16.1 Å². The summed E-state index contributed by atoms with van der Waals surface area (Å²) in [5.41, 5.74) is 2.54. The Morgan fingerprint density at radius 3 is 2.38 bits per heavy atom. The lowest BCUT2D eigenvalue weighted by molar-refractivity contribution is -0.147. The minimum absolute atomic E-state index is 0.116. The highest BCUT2D eigenvalue weighted by molar-refractivity contribution is 8.26. The molecule has 1 N–H and O–H groups in total. The van der Waals surface area contributed by atoms with Crippen LogP contribution in [-0.2, 0) is 9.59 Å². The number of thioether (sulfide) groups is 1. The predicted molar refractivity (Wildman–Crippen MR) is 131 cm³/mol. The third-order valence-electron chi connectivity index (χ3n) is 5.16. The first kappa shape index (κ1) is 23.9. The van der Waals surface area contributed by atoms with Crippen molar-refractivity contribution in [2.75, 3.05) is 0 Å². The van der Waals surface area contributed by atoms with E-state index in [1.165, 1.54) is 4.90 Å². The van der Waals surface area contributed by atoms with Gasteiger partial charge >= 0.3 is 5.97 Å². The molecule has 0 bridgehead atoms. The molecule has 6 nitrogen and oxygen atoms in total. The molecule has 0 radical (unpaired) electrons. The normalized spacial score (nSPS) is 17.2. The van der Waals surface area contributed by atoms with E-state index >= 15 is 0 Å². The van der Waals surface area contributed by atoms with Crippen LogP contribution in [0.4, 0.5) is 0 Å². The quantitative estimate of drug-likeness (QED) is 0.418. The second-order valence-corrected chi connectivity index (χ2v) is 9.56. The van der Waals surface area contributed by atoms with Crippen molar-refractivity contribution in [1.29, 1.82) is 0 Å². The number of benzene rings is 1. The van der Waals surface area contributed by atoms with E-state index in [1.54, 1.807) is 12.3 Å². The second-order valence-electron chi connectivity index (χ2n) is 7.88. The average molecular weight is 471 g/mol. The molecule has 2 atom stereocenters. The van der Waals surface area contributed by atoms with Gasteiger partial charge in [-0.3, -0.25) is 14.7 Å². The number of nitrogens with zero attached hydrogens (tertiary/aromatic N) is 2. The van der Waals surface area contributed by atoms with Crippen LogP contribution < -0.4 is 4.74 Å². The molecule has 1 aromatic heterocycles. The van der Waals surface area contributed by atoms with E-state index in [2.05, 4.69) is 4.98 Å². The van der Waals surface area contributed by atoms with Crippen LogP contribution in [-0.4, -0.2) is 43.3 Å². The minimum Gasteiger partial charge on any atom is -0.491 e. The van der Waals surface area contributed by atoms with Crippen LogP contribution in [0.3, 0.4) is 0 Å². The SMILES string of the molecule is CC[C@@H](C)[C@@H](C(=O)O)N1C(=O)/C(=C\c2ccc(-c3ccc(OC(C)C)cc3)cn2)SC1=S. The summed E-state index contributed by atoms with van der Waals surface area (Å²) >= 11 is 6.44. The first-order valence-corrected chi connectivity index (χ1v) is 11.7. The number of hydrogen-bond acceptors (Lipinski definition) is 6. The van der Waals surface area contributed by atoms with Gasteiger partial charge in [0.2, 0.25) is 0 Å². The summed E-state index contributed by atoms with van der Waals surface area (Å²) in [5.74, 6) is -0.847. The number of carboxylic acid groups (broad SMARTS) is 1. The highest BCUT2D eigenvalue weighted by Crippen LogP contribution is 2.36. The van der Waals surface area contributed by atoms with Crippen molar-refractivity contribution in [3.05, 3.63) is 53.2 Å². The first-order chi connectivity index (χ1) is 15.2. The van der Waals surface area contributed by atoms with Crippen LogP contribution in [0.15, 0.2) is 47.5 Å². The van der Waals surface area contributed by atoms with Gasteiger partial charge in [-0.2, -0.15) is 0 Å². The summed E-state index contributed by atoms with van der Waals surface area (Å²) in [6, 6.07) is 10.6. The number of thiocarbonyl (C=S) groups is 1. The Morgan fingerprint density at radius 2 is 1.84 bits per heavy atom. The van der Waals surface area contributed by atoms with Gasteiger partial charge in [0.25, 0.3) is 5.91 Å². The van der Waals surface area contributed by atoms with E-state index in [0.717, 1.165) is 28.6 Å². The summed E-state index contributed by atoms with van der Waals surface area (Å²) in [7, 11) is 0. The molecule has 32 heavy (non-hydrogen) atoms. The third kappa shape index (κ3) is 5.37. The molecule has 2 aromatic rings. The van der Waals surface area contributed by atoms with Gasteiger partial charge in [-0.05, 0) is 49.6 Å². The molecule has 3 rings (SSSR count). The van der Waals surface area contributed by atoms with Crippen molar-refractivity contribution in [1.82, 2.24) is 9.88 Å². The molecule has 1 aliphatic heterocycles. The monoisotopic (exact) mass is 470 g/mol. The molecule has 2 heterocycles. The van der Waals surface area contributed by atoms with Crippen LogP contribution in [0, 0.1) is 5.92 Å². The Kier molecular flexibility index (Phi) is 7.69. The molecule has 0 aliphatic carbocycles. The first-order valence-electron chi connectivity index (χ1n) is 10.4. The Labute approximate surface area is 197 Å². The summed E-state index contributed by atoms with van der Waals surface area (Å²) < 4.78 is 5.93. The fourth-order valence-corrected chi connectivity index (χ4v) is 4.66. The lowest BCUT2D eigenvalue weighted by Crippen LogP contribution is -2.47. The van der Waals surface area contributed by atoms with Crippen molar-refractivity contribution in [2.24, 2.45) is 5.92 Å². The molecule has 1 aromatic carbocycles. The number of pyridine rings is 1. The number of amides is 1. The summed E-state index contributed by atoms with van der Waals surface area (Å²) in [4.78, 5) is 30.8. The highest BCUT2D eigenvalue weighted by Gasteiger charge is 2.42. The van der Waals surface area contributed by atoms with E-state index < -0.39 is 12.0 Å². The number of hydrogen-bond donors (Lipinski definition) is 1. The maximum Gasteiger partial charge on any atom is 0.327 e. The van der Waals surface area contributed by atoms with Gasteiger partial charge in [0, 0.05) is 11.8 Å². The van der Waals surface area contributed by atoms with E-state index in [-0.39, 0.29) is 22.2 Å². The zero-order valence-electron chi connectivity index (χ0n) is 18.4. The Hall–Kier alpha value is -2.71. The molecular formula is C24H26N2O4S2. The number of rotatable bonds is 8. The van der Waals surface area contributed by atoms with Gasteiger partial charge in [-0.25, -0.2) is 4.79 Å². The zero-order chi connectivity index (χ0) is 23.4. The van der Waals surface area contributed by atoms with Gasteiger partial charge < -0.3 is 9.84 Å². The van der Waals surface area contributed by atoms with Crippen LogP contribution >= 0.6 is 24.0 Å². The van der Waals surface area contributed by atoms with Crippen molar-refractivity contribution >= 4 is 46.3 Å². The van der Waals surface area contributed by atoms with Crippen LogP contribution in [0.5, 0.6) is 5.75 Å².